The van der Waals surface area contributed by atoms with Gasteiger partial charge in [-0.05, 0) is 42.3 Å². The average Bonchev–Trinajstić information content (AvgIpc) is 2.58. The third-order valence-electron chi connectivity index (χ3n) is 4.20. The van der Waals surface area contributed by atoms with Crippen LogP contribution in [-0.2, 0) is 25.6 Å². The van der Waals surface area contributed by atoms with Crippen molar-refractivity contribution in [2.75, 3.05) is 13.3 Å². The number of hydrogen-bond acceptors (Lipinski definition) is 5. The Morgan fingerprint density at radius 3 is 2.19 bits per heavy atom. The van der Waals surface area contributed by atoms with Crippen LogP contribution in [0, 0.1) is 0 Å². The van der Waals surface area contributed by atoms with Crippen molar-refractivity contribution in [3.05, 3.63) is 65.2 Å². The van der Waals surface area contributed by atoms with Gasteiger partial charge in [0.15, 0.2) is 9.84 Å². The minimum atomic E-state index is -3.77. The molecule has 1 atom stereocenters. The highest BCUT2D eigenvalue weighted by Crippen LogP contribution is 2.22. The van der Waals surface area contributed by atoms with E-state index in [1.807, 2.05) is 6.92 Å². The molecule has 2 aromatic carbocycles. The van der Waals surface area contributed by atoms with E-state index in [0.717, 1.165) is 11.8 Å². The number of sulfone groups is 1. The van der Waals surface area contributed by atoms with E-state index in [1.165, 1.54) is 17.0 Å². The summed E-state index contributed by atoms with van der Waals surface area (Å²) in [5, 5.41) is 5.09. The molecule has 0 radical (unpaired) electrons. The number of benzene rings is 2. The Morgan fingerprint density at radius 2 is 1.67 bits per heavy atom. The van der Waals surface area contributed by atoms with Crippen LogP contribution in [0.25, 0.3) is 0 Å². The van der Waals surface area contributed by atoms with Crippen molar-refractivity contribution in [2.24, 2.45) is 5.14 Å². The number of nitrogens with zero attached hydrogens (tertiary/aromatic N) is 1. The van der Waals surface area contributed by atoms with Gasteiger partial charge in [0, 0.05) is 18.9 Å². The highest BCUT2D eigenvalue weighted by atomic mass is 32.2. The molecule has 0 aliphatic carbocycles. The zero-order chi connectivity index (χ0) is 20.4. The van der Waals surface area contributed by atoms with Crippen LogP contribution < -0.4 is 5.14 Å². The van der Waals surface area contributed by atoms with Crippen molar-refractivity contribution >= 4 is 25.8 Å². The first-order chi connectivity index (χ1) is 12.4. The fraction of sp³-hybridized carbons (Fsp3) is 0.278. The topological polar surface area (TPSA) is 115 Å². The van der Waals surface area contributed by atoms with Crippen LogP contribution in [0.2, 0.25) is 0 Å². The lowest BCUT2D eigenvalue weighted by molar-refractivity contribution is 0.0742. The number of primary sulfonamides is 1. The lowest BCUT2D eigenvalue weighted by Gasteiger charge is -2.25. The molecule has 0 aromatic heterocycles. The van der Waals surface area contributed by atoms with Gasteiger partial charge in [-0.1, -0.05) is 24.3 Å². The quantitative estimate of drug-likeness (QED) is 0.778. The molecule has 0 saturated carbocycles. The Bertz CT molecular complexity index is 1050. The third-order valence-corrected chi connectivity index (χ3v) is 5.98. The maximum atomic E-state index is 12.8. The second-order valence-electron chi connectivity index (χ2n) is 6.48. The number of amides is 1. The molecule has 0 bridgehead atoms. The summed E-state index contributed by atoms with van der Waals surface area (Å²) in [6.07, 6.45) is 1.14. The highest BCUT2D eigenvalue weighted by Gasteiger charge is 2.20. The number of rotatable bonds is 6. The molecule has 0 heterocycles. The van der Waals surface area contributed by atoms with Gasteiger partial charge >= 0.3 is 0 Å². The Morgan fingerprint density at radius 1 is 1.07 bits per heavy atom. The first kappa shape index (κ1) is 21.1. The fourth-order valence-corrected chi connectivity index (χ4v) is 3.94. The number of carbonyl (C=O) groups excluding carboxylic acids is 1. The highest BCUT2D eigenvalue weighted by molar-refractivity contribution is 7.90. The zero-order valence-electron chi connectivity index (χ0n) is 15.3. The van der Waals surface area contributed by atoms with Gasteiger partial charge in [-0.25, -0.2) is 22.0 Å². The fourth-order valence-electron chi connectivity index (χ4n) is 2.64. The molecule has 2 N–H and O–H groups in total. The van der Waals surface area contributed by atoms with Gasteiger partial charge < -0.3 is 4.90 Å². The second kappa shape index (κ2) is 7.79. The van der Waals surface area contributed by atoms with Crippen molar-refractivity contribution in [3.63, 3.8) is 0 Å². The summed E-state index contributed by atoms with van der Waals surface area (Å²) in [6, 6.07) is 12.2. The van der Waals surface area contributed by atoms with Crippen LogP contribution in [0.3, 0.4) is 0 Å². The lowest BCUT2D eigenvalue weighted by Crippen LogP contribution is -2.29. The van der Waals surface area contributed by atoms with Crippen molar-refractivity contribution in [1.29, 1.82) is 0 Å². The normalized spacial score (nSPS) is 13.2. The van der Waals surface area contributed by atoms with Crippen molar-refractivity contribution in [2.45, 2.75) is 23.6 Å². The monoisotopic (exact) mass is 410 g/mol. The van der Waals surface area contributed by atoms with E-state index in [4.69, 9.17) is 5.14 Å². The van der Waals surface area contributed by atoms with E-state index >= 15 is 0 Å². The first-order valence-electron chi connectivity index (χ1n) is 8.05. The molecule has 1 amide bonds. The summed E-state index contributed by atoms with van der Waals surface area (Å²) in [6.45, 7) is 1.81. The van der Waals surface area contributed by atoms with Crippen LogP contribution in [0.1, 0.15) is 34.5 Å². The van der Waals surface area contributed by atoms with Gasteiger partial charge in [0.05, 0.1) is 16.7 Å². The van der Waals surface area contributed by atoms with Crippen molar-refractivity contribution in [3.8, 4) is 0 Å². The SMILES string of the molecule is C[C@H](c1ccc(S(N)(=O)=O)cc1)N(C)C(=O)c1cccc(CS(C)(=O)=O)c1. The van der Waals surface area contributed by atoms with Gasteiger partial charge in [0.2, 0.25) is 10.0 Å². The van der Waals surface area contributed by atoms with E-state index in [2.05, 4.69) is 0 Å². The van der Waals surface area contributed by atoms with Gasteiger partial charge in [-0.3, -0.25) is 4.79 Å². The molecular formula is C18H22N2O5S2. The van der Waals surface area contributed by atoms with Crippen molar-refractivity contribution in [1.82, 2.24) is 4.90 Å². The molecule has 2 aromatic rings. The zero-order valence-corrected chi connectivity index (χ0v) is 16.9. The molecule has 0 spiro atoms. The summed E-state index contributed by atoms with van der Waals surface area (Å²) in [4.78, 5) is 14.3. The van der Waals surface area contributed by atoms with Crippen LogP contribution in [-0.4, -0.2) is 40.9 Å². The van der Waals surface area contributed by atoms with Crippen LogP contribution in [0.4, 0.5) is 0 Å². The van der Waals surface area contributed by atoms with Crippen LogP contribution in [0.15, 0.2) is 53.4 Å². The largest absolute Gasteiger partial charge is 0.335 e. The van der Waals surface area contributed by atoms with Gasteiger partial charge in [-0.2, -0.15) is 0 Å². The van der Waals surface area contributed by atoms with Crippen molar-refractivity contribution < 1.29 is 21.6 Å². The second-order valence-corrected chi connectivity index (χ2v) is 10.2. The maximum absolute atomic E-state index is 12.8. The summed E-state index contributed by atoms with van der Waals surface area (Å²) in [5.74, 6) is -0.407. The van der Waals surface area contributed by atoms with E-state index in [-0.39, 0.29) is 22.6 Å². The summed E-state index contributed by atoms with van der Waals surface area (Å²) >= 11 is 0. The Kier molecular flexibility index (Phi) is 6.08. The molecular weight excluding hydrogens is 388 g/mol. The number of carbonyl (C=O) groups is 1. The van der Waals surface area contributed by atoms with Gasteiger partial charge in [0.1, 0.15) is 0 Å². The molecule has 7 nitrogen and oxygen atoms in total. The van der Waals surface area contributed by atoms with Crippen LogP contribution >= 0.6 is 0 Å². The van der Waals surface area contributed by atoms with E-state index in [9.17, 15) is 21.6 Å². The number of nitrogens with two attached hydrogens (primary N) is 1. The minimum Gasteiger partial charge on any atom is -0.335 e. The van der Waals surface area contributed by atoms with E-state index in [0.29, 0.717) is 11.1 Å². The predicted molar refractivity (Wildman–Crippen MR) is 103 cm³/mol. The number of hydrogen-bond donors (Lipinski definition) is 1. The minimum absolute atomic E-state index is 0.000839. The van der Waals surface area contributed by atoms with Gasteiger partial charge in [-0.15, -0.1) is 0 Å². The Balaban J connectivity index is 2.22. The molecule has 0 saturated heterocycles. The molecule has 2 rings (SSSR count). The van der Waals surface area contributed by atoms with E-state index < -0.39 is 19.9 Å². The number of sulfonamides is 1. The molecule has 0 unspecified atom stereocenters. The first-order valence-corrected chi connectivity index (χ1v) is 11.7. The molecule has 146 valence electrons. The Hall–Kier alpha value is -2.23. The molecule has 27 heavy (non-hydrogen) atoms. The molecule has 9 heteroatoms. The summed E-state index contributed by atoms with van der Waals surface area (Å²) in [5.41, 5.74) is 1.67. The summed E-state index contributed by atoms with van der Waals surface area (Å²) < 4.78 is 45.6. The third kappa shape index (κ3) is 5.62. The standard InChI is InChI=1S/C18H22N2O5S2/c1-13(15-7-9-17(10-8-15)27(19,24)25)20(2)18(21)16-6-4-5-14(11-16)12-26(3,22)23/h4-11,13H,12H2,1-3H3,(H2,19,24,25)/t13-/m1/s1. The molecule has 0 fully saturated rings. The predicted octanol–water partition coefficient (Wildman–Crippen LogP) is 1.71. The average molecular weight is 411 g/mol. The van der Waals surface area contributed by atoms with Gasteiger partial charge in [0.25, 0.3) is 5.91 Å². The summed E-state index contributed by atoms with van der Waals surface area (Å²) in [7, 11) is -5.35. The maximum Gasteiger partial charge on any atom is 0.254 e. The Labute approximate surface area is 159 Å². The molecule has 0 aliphatic rings. The molecule has 0 aliphatic heterocycles. The smallest absolute Gasteiger partial charge is 0.254 e. The van der Waals surface area contributed by atoms with Crippen LogP contribution in [0.5, 0.6) is 0 Å². The van der Waals surface area contributed by atoms with E-state index in [1.54, 1.807) is 43.4 Å². The lowest BCUT2D eigenvalue weighted by atomic mass is 10.1.